The van der Waals surface area contributed by atoms with Crippen molar-refractivity contribution in [3.8, 4) is 17.2 Å². The van der Waals surface area contributed by atoms with Crippen LogP contribution >= 0.6 is 66.1 Å². The Hall–Kier alpha value is -1.42. The molecule has 1 aromatic heterocycles. The summed E-state index contributed by atoms with van der Waals surface area (Å²) in [5.41, 5.74) is 3.36. The highest BCUT2D eigenvalue weighted by atomic mass is 127. The van der Waals surface area contributed by atoms with Gasteiger partial charge in [0.15, 0.2) is 5.58 Å². The minimum absolute atomic E-state index is 0.130. The highest BCUT2D eigenvalue weighted by Crippen LogP contribution is 2.33. The van der Waals surface area contributed by atoms with Crippen molar-refractivity contribution in [3.05, 3.63) is 71.6 Å². The van der Waals surface area contributed by atoms with E-state index in [1.807, 2.05) is 36.4 Å². The molecule has 0 fully saturated rings. The van der Waals surface area contributed by atoms with Crippen molar-refractivity contribution in [2.75, 3.05) is 0 Å². The number of aromatic hydroxyl groups is 1. The summed E-state index contributed by atoms with van der Waals surface area (Å²) in [6.45, 7) is 0. The lowest BCUT2D eigenvalue weighted by Gasteiger charge is -2.02. The zero-order valence-electron chi connectivity index (χ0n) is 14.0. The van der Waals surface area contributed by atoms with Gasteiger partial charge in [-0.1, -0.05) is 27.5 Å². The Bertz CT molecular complexity index is 1240. The molecule has 0 saturated heterocycles. The number of aromatic nitrogens is 1. The van der Waals surface area contributed by atoms with Crippen molar-refractivity contribution in [2.45, 2.75) is 0 Å². The zero-order valence-corrected chi connectivity index (χ0v) is 20.0. The van der Waals surface area contributed by atoms with Crippen LogP contribution in [-0.2, 0) is 0 Å². The molecule has 0 aliphatic carbocycles. The predicted molar refractivity (Wildman–Crippen MR) is 128 cm³/mol. The number of halogens is 4. The van der Waals surface area contributed by atoms with Crippen molar-refractivity contribution in [1.29, 1.82) is 0 Å². The summed E-state index contributed by atoms with van der Waals surface area (Å²) in [6.07, 6.45) is 1.60. The van der Waals surface area contributed by atoms with Crippen molar-refractivity contribution in [1.82, 2.24) is 4.98 Å². The Balaban J connectivity index is 1.70. The number of oxazole rings is 1. The molecule has 1 N–H and O–H groups in total. The monoisotopic (exact) mass is 630 g/mol. The molecule has 0 amide bonds. The van der Waals surface area contributed by atoms with Gasteiger partial charge in [0, 0.05) is 19.8 Å². The molecule has 0 radical (unpaired) electrons. The maximum atomic E-state index is 10.2. The number of fused-ring (bicyclic) bond motifs is 1. The first-order valence-corrected chi connectivity index (χ1v) is 11.0. The standard InChI is InChI=1S/C20H10Br2ClIN2O2/c21-11-5-10(19(27)15(22)6-11)9-25-13-2-4-18-17(8-13)26-20(28-18)14-7-12(24)1-3-16(14)23/h1-9,27H. The number of phenolic OH excluding ortho intramolecular Hbond substituents is 1. The van der Waals surface area contributed by atoms with Gasteiger partial charge in [-0.15, -0.1) is 0 Å². The number of phenols is 1. The van der Waals surface area contributed by atoms with Gasteiger partial charge in [0.25, 0.3) is 0 Å². The van der Waals surface area contributed by atoms with Crippen LogP contribution in [-0.4, -0.2) is 16.3 Å². The molecule has 28 heavy (non-hydrogen) atoms. The second-order valence-corrected chi connectivity index (χ2v) is 9.30. The molecule has 4 nitrogen and oxygen atoms in total. The largest absolute Gasteiger partial charge is 0.506 e. The molecule has 0 atom stereocenters. The van der Waals surface area contributed by atoms with Crippen molar-refractivity contribution >= 4 is 89.1 Å². The van der Waals surface area contributed by atoms with Crippen LogP contribution in [0.3, 0.4) is 0 Å². The summed E-state index contributed by atoms with van der Waals surface area (Å²) in [7, 11) is 0. The predicted octanol–water partition coefficient (Wildman–Crippen LogP) is 7.73. The maximum Gasteiger partial charge on any atom is 0.228 e. The van der Waals surface area contributed by atoms with Crippen molar-refractivity contribution in [2.24, 2.45) is 4.99 Å². The minimum Gasteiger partial charge on any atom is -0.506 e. The van der Waals surface area contributed by atoms with Gasteiger partial charge < -0.3 is 9.52 Å². The third-order valence-corrected chi connectivity index (χ3v) is 6.00. The van der Waals surface area contributed by atoms with Gasteiger partial charge in [-0.05, 0) is 87.1 Å². The smallest absolute Gasteiger partial charge is 0.228 e. The van der Waals surface area contributed by atoms with Crippen LogP contribution in [0.2, 0.25) is 5.02 Å². The Labute approximate surface area is 196 Å². The molecule has 1 heterocycles. The van der Waals surface area contributed by atoms with Gasteiger partial charge in [-0.2, -0.15) is 0 Å². The average molecular weight is 632 g/mol. The number of aliphatic imine (C=N–C) groups is 1. The summed E-state index contributed by atoms with van der Waals surface area (Å²) < 4.78 is 8.33. The van der Waals surface area contributed by atoms with E-state index in [1.165, 1.54) is 0 Å². The first-order valence-electron chi connectivity index (χ1n) is 7.99. The van der Waals surface area contributed by atoms with Crippen LogP contribution in [0.25, 0.3) is 22.6 Å². The first kappa shape index (κ1) is 19.9. The summed E-state index contributed by atoms with van der Waals surface area (Å²) in [6, 6.07) is 14.7. The maximum absolute atomic E-state index is 10.2. The third kappa shape index (κ3) is 4.12. The molecular formula is C20H10Br2ClIN2O2. The second-order valence-electron chi connectivity index (χ2n) is 5.88. The number of benzene rings is 3. The highest BCUT2D eigenvalue weighted by molar-refractivity contribution is 14.1. The van der Waals surface area contributed by atoms with Gasteiger partial charge in [0.2, 0.25) is 5.89 Å². The quantitative estimate of drug-likeness (QED) is 0.186. The second kappa shape index (κ2) is 8.14. The van der Waals surface area contributed by atoms with Crippen LogP contribution in [0.5, 0.6) is 5.75 Å². The van der Waals surface area contributed by atoms with Gasteiger partial charge in [-0.3, -0.25) is 4.99 Å². The third-order valence-electron chi connectivity index (χ3n) is 3.94. The fourth-order valence-electron chi connectivity index (χ4n) is 2.60. The molecule has 0 saturated carbocycles. The van der Waals surface area contributed by atoms with Crippen molar-refractivity contribution < 1.29 is 9.52 Å². The fourth-order valence-corrected chi connectivity index (χ4v) is 4.55. The lowest BCUT2D eigenvalue weighted by molar-refractivity contribution is 0.471. The summed E-state index contributed by atoms with van der Waals surface area (Å²) in [4.78, 5) is 9.00. The lowest BCUT2D eigenvalue weighted by atomic mass is 10.2. The van der Waals surface area contributed by atoms with Crippen LogP contribution < -0.4 is 0 Å². The number of rotatable bonds is 3. The minimum atomic E-state index is 0.130. The van der Waals surface area contributed by atoms with Crippen LogP contribution in [0.4, 0.5) is 5.69 Å². The Kier molecular flexibility index (Phi) is 5.78. The van der Waals surface area contributed by atoms with E-state index in [1.54, 1.807) is 18.3 Å². The molecule has 0 bridgehead atoms. The topological polar surface area (TPSA) is 58.6 Å². The number of hydrogen-bond acceptors (Lipinski definition) is 4. The molecule has 0 aliphatic rings. The molecule has 0 aliphatic heterocycles. The summed E-state index contributed by atoms with van der Waals surface area (Å²) >= 11 is 15.2. The van der Waals surface area contributed by atoms with E-state index in [4.69, 9.17) is 16.0 Å². The van der Waals surface area contributed by atoms with Crippen LogP contribution in [0.15, 0.2) is 66.9 Å². The molecule has 140 valence electrons. The molecule has 3 aromatic carbocycles. The molecule has 0 unspecified atom stereocenters. The molecule has 4 aromatic rings. The summed E-state index contributed by atoms with van der Waals surface area (Å²) in [5.74, 6) is 0.596. The molecular weight excluding hydrogens is 622 g/mol. The fraction of sp³-hybridized carbons (Fsp3) is 0. The van der Waals surface area contributed by atoms with Crippen LogP contribution in [0, 0.1) is 3.57 Å². The first-order chi connectivity index (χ1) is 13.4. The van der Waals surface area contributed by atoms with E-state index in [0.29, 0.717) is 37.7 Å². The van der Waals surface area contributed by atoms with E-state index in [-0.39, 0.29) is 5.75 Å². The summed E-state index contributed by atoms with van der Waals surface area (Å²) in [5, 5.41) is 10.7. The van der Waals surface area contributed by atoms with Gasteiger partial charge in [0.05, 0.1) is 20.7 Å². The molecule has 4 rings (SSSR count). The van der Waals surface area contributed by atoms with E-state index < -0.39 is 0 Å². The molecule has 0 spiro atoms. The van der Waals surface area contributed by atoms with Gasteiger partial charge >= 0.3 is 0 Å². The Morgan fingerprint density at radius 2 is 1.93 bits per heavy atom. The van der Waals surface area contributed by atoms with E-state index in [0.717, 1.165) is 13.6 Å². The van der Waals surface area contributed by atoms with Gasteiger partial charge in [0.1, 0.15) is 11.3 Å². The van der Waals surface area contributed by atoms with Gasteiger partial charge in [-0.25, -0.2) is 4.98 Å². The Morgan fingerprint density at radius 1 is 1.11 bits per heavy atom. The van der Waals surface area contributed by atoms with Crippen LogP contribution in [0.1, 0.15) is 5.56 Å². The highest BCUT2D eigenvalue weighted by Gasteiger charge is 2.13. The van der Waals surface area contributed by atoms with E-state index in [2.05, 4.69) is 64.4 Å². The average Bonchev–Trinajstić information content (AvgIpc) is 3.08. The molecule has 8 heteroatoms. The normalized spacial score (nSPS) is 11.6. The zero-order chi connectivity index (χ0) is 19.8. The SMILES string of the molecule is Oc1c(Br)cc(Br)cc1C=Nc1ccc2oc(-c3cc(I)ccc3Cl)nc2c1. The van der Waals surface area contributed by atoms with E-state index >= 15 is 0 Å². The Morgan fingerprint density at radius 3 is 2.75 bits per heavy atom. The van der Waals surface area contributed by atoms with Crippen molar-refractivity contribution in [3.63, 3.8) is 0 Å². The van der Waals surface area contributed by atoms with E-state index in [9.17, 15) is 5.11 Å². The number of nitrogens with zero attached hydrogens (tertiary/aromatic N) is 2. The number of hydrogen-bond donors (Lipinski definition) is 1. The lowest BCUT2D eigenvalue weighted by Crippen LogP contribution is -1.84.